The van der Waals surface area contributed by atoms with Gasteiger partial charge in [-0.2, -0.15) is 5.26 Å². The molecule has 43 heavy (non-hydrogen) atoms. The third-order valence-corrected chi connectivity index (χ3v) is 7.58. The van der Waals surface area contributed by atoms with E-state index in [-0.39, 0.29) is 41.3 Å². The first kappa shape index (κ1) is 27.9. The summed E-state index contributed by atoms with van der Waals surface area (Å²) >= 11 is 0. The fourth-order valence-corrected chi connectivity index (χ4v) is 4.90. The number of fused-ring (bicyclic) bond motifs is 1. The van der Waals surface area contributed by atoms with E-state index in [0.29, 0.717) is 47.6 Å². The Morgan fingerprint density at radius 1 is 1.02 bits per heavy atom. The van der Waals surface area contributed by atoms with Gasteiger partial charge in [0, 0.05) is 35.6 Å². The Morgan fingerprint density at radius 2 is 1.86 bits per heavy atom. The average Bonchev–Trinajstić information content (AvgIpc) is 3.71. The molecule has 0 aliphatic heterocycles. The van der Waals surface area contributed by atoms with Crippen LogP contribution in [0.5, 0.6) is 5.88 Å². The second-order valence-electron chi connectivity index (χ2n) is 10.7. The van der Waals surface area contributed by atoms with Crippen LogP contribution < -0.4 is 4.74 Å². The molecule has 5 aromatic rings. The summed E-state index contributed by atoms with van der Waals surface area (Å²) in [6.07, 6.45) is 1.64. The molecule has 3 heterocycles. The Balaban J connectivity index is 1.24. The number of carbonyl (C=O) groups is 1. The van der Waals surface area contributed by atoms with Crippen molar-refractivity contribution in [2.24, 2.45) is 5.41 Å². The van der Waals surface area contributed by atoms with Crippen molar-refractivity contribution in [1.82, 2.24) is 19.5 Å². The highest BCUT2D eigenvalue weighted by atomic mass is 19.1. The molecular formula is C32H24F3N5O3. The Hall–Kier alpha value is -5.24. The summed E-state index contributed by atoms with van der Waals surface area (Å²) in [5.74, 6) is -1.57. The van der Waals surface area contributed by atoms with Gasteiger partial charge in [0.25, 0.3) is 0 Å². The van der Waals surface area contributed by atoms with Crippen molar-refractivity contribution in [3.8, 4) is 23.2 Å². The fourth-order valence-electron chi connectivity index (χ4n) is 4.90. The number of rotatable bonds is 10. The smallest absolute Gasteiger partial charge is 0.354 e. The minimum Gasteiger partial charge on any atom is -0.477 e. The van der Waals surface area contributed by atoms with Gasteiger partial charge < -0.3 is 14.4 Å². The first-order valence-electron chi connectivity index (χ1n) is 13.5. The fraction of sp³-hybridized carbons (Fsp3) is 0.219. The molecule has 11 heteroatoms. The number of halogens is 3. The molecule has 1 fully saturated rings. The van der Waals surface area contributed by atoms with Crippen molar-refractivity contribution >= 4 is 17.1 Å². The van der Waals surface area contributed by atoms with Crippen LogP contribution in [0.15, 0.2) is 66.7 Å². The van der Waals surface area contributed by atoms with Gasteiger partial charge in [0.15, 0.2) is 11.3 Å². The van der Waals surface area contributed by atoms with Crippen LogP contribution in [-0.4, -0.2) is 37.3 Å². The standard InChI is InChI=1S/C32H24F3N5O3/c33-17-32(10-11-32)18-40-28(37-26-8-9-27(31(41)42)39-30(26)40)14-19-5-7-22(24(35)12-19)25-2-1-3-29(38-25)43-16-21-6-4-20(15-36)13-23(21)34/h1-9,12-13H,10-11,14,16-18H2,(H,41,42). The molecular weight excluding hydrogens is 559 g/mol. The number of hydrogen-bond donors (Lipinski definition) is 1. The van der Waals surface area contributed by atoms with Crippen LogP contribution in [-0.2, 0) is 19.6 Å². The Kier molecular flexibility index (Phi) is 7.27. The van der Waals surface area contributed by atoms with E-state index in [4.69, 9.17) is 10.00 Å². The summed E-state index contributed by atoms with van der Waals surface area (Å²) in [6, 6.07) is 18.5. The Bertz CT molecular complexity index is 1910. The molecule has 3 aromatic heterocycles. The lowest BCUT2D eigenvalue weighted by atomic mass is 10.0. The van der Waals surface area contributed by atoms with Crippen molar-refractivity contribution in [2.75, 3.05) is 6.67 Å². The van der Waals surface area contributed by atoms with E-state index in [0.717, 1.165) is 6.07 Å². The van der Waals surface area contributed by atoms with E-state index < -0.39 is 29.7 Å². The summed E-state index contributed by atoms with van der Waals surface area (Å²) in [7, 11) is 0. The molecule has 1 N–H and O–H groups in total. The SMILES string of the molecule is N#Cc1ccc(COc2cccc(-c3ccc(Cc4nc5ccc(C(=O)O)nc5n4CC4(CF)CC4)cc3F)n2)c(F)c1. The van der Waals surface area contributed by atoms with Crippen LogP contribution in [0.2, 0.25) is 0 Å². The van der Waals surface area contributed by atoms with Crippen molar-refractivity contribution in [1.29, 1.82) is 5.26 Å². The van der Waals surface area contributed by atoms with Crippen molar-refractivity contribution in [3.63, 3.8) is 0 Å². The van der Waals surface area contributed by atoms with Crippen LogP contribution in [0.25, 0.3) is 22.4 Å². The highest BCUT2D eigenvalue weighted by Gasteiger charge is 2.44. The molecule has 0 bridgehead atoms. The quantitative estimate of drug-likeness (QED) is 0.206. The minimum absolute atomic E-state index is 0.122. The monoisotopic (exact) mass is 583 g/mol. The summed E-state index contributed by atoms with van der Waals surface area (Å²) in [5.41, 5.74) is 1.78. The topological polar surface area (TPSA) is 114 Å². The molecule has 1 saturated carbocycles. The number of imidazole rings is 1. The van der Waals surface area contributed by atoms with E-state index >= 15 is 4.39 Å². The number of carboxylic acids is 1. The molecule has 0 radical (unpaired) electrons. The number of aromatic nitrogens is 4. The van der Waals surface area contributed by atoms with E-state index in [9.17, 15) is 18.7 Å². The summed E-state index contributed by atoms with van der Waals surface area (Å²) in [5, 5.41) is 18.3. The van der Waals surface area contributed by atoms with Crippen molar-refractivity contribution in [2.45, 2.75) is 32.4 Å². The number of carboxylic acid groups (broad SMARTS) is 1. The second kappa shape index (κ2) is 11.2. The van der Waals surface area contributed by atoms with Crippen molar-refractivity contribution in [3.05, 3.63) is 107 Å². The molecule has 0 spiro atoms. The van der Waals surface area contributed by atoms with Gasteiger partial charge in [0.2, 0.25) is 5.88 Å². The van der Waals surface area contributed by atoms with Gasteiger partial charge in [-0.15, -0.1) is 0 Å². The lowest BCUT2D eigenvalue weighted by Crippen LogP contribution is -2.17. The number of hydrogen-bond acceptors (Lipinski definition) is 6. The first-order chi connectivity index (χ1) is 20.8. The van der Waals surface area contributed by atoms with Gasteiger partial charge in [-0.1, -0.05) is 18.2 Å². The third kappa shape index (κ3) is 5.77. The Labute approximate surface area is 244 Å². The van der Waals surface area contributed by atoms with Gasteiger partial charge in [-0.25, -0.2) is 28.5 Å². The highest BCUT2D eigenvalue weighted by Crippen LogP contribution is 2.48. The molecule has 0 unspecified atom stereocenters. The number of pyridine rings is 2. The zero-order valence-corrected chi connectivity index (χ0v) is 22.7. The third-order valence-electron chi connectivity index (χ3n) is 7.58. The molecule has 0 saturated heterocycles. The van der Waals surface area contributed by atoms with Crippen molar-refractivity contribution < 1.29 is 27.8 Å². The van der Waals surface area contributed by atoms with Crippen LogP contribution in [0.4, 0.5) is 13.2 Å². The lowest BCUT2D eigenvalue weighted by molar-refractivity contribution is 0.0690. The molecule has 216 valence electrons. The molecule has 6 rings (SSSR count). The number of benzene rings is 2. The maximum Gasteiger partial charge on any atom is 0.354 e. The zero-order valence-electron chi connectivity index (χ0n) is 22.7. The molecule has 0 atom stereocenters. The molecule has 8 nitrogen and oxygen atoms in total. The van der Waals surface area contributed by atoms with E-state index in [1.54, 1.807) is 41.0 Å². The molecule has 2 aromatic carbocycles. The predicted molar refractivity (Wildman–Crippen MR) is 150 cm³/mol. The zero-order chi connectivity index (χ0) is 30.1. The van der Waals surface area contributed by atoms with Gasteiger partial charge in [0.05, 0.1) is 24.0 Å². The van der Waals surface area contributed by atoms with Crippen LogP contribution >= 0.6 is 0 Å². The van der Waals surface area contributed by atoms with E-state index in [2.05, 4.69) is 15.0 Å². The first-order valence-corrected chi connectivity index (χ1v) is 13.5. The minimum atomic E-state index is -1.18. The molecule has 0 amide bonds. The number of aromatic carboxylic acids is 1. The average molecular weight is 584 g/mol. The molecule has 1 aliphatic rings. The maximum atomic E-state index is 15.4. The highest BCUT2D eigenvalue weighted by molar-refractivity contribution is 5.88. The number of alkyl halides is 1. The normalized spacial score (nSPS) is 13.5. The summed E-state index contributed by atoms with van der Waals surface area (Å²) in [6.45, 7) is -0.329. The van der Waals surface area contributed by atoms with E-state index in [1.807, 2.05) is 6.07 Å². The lowest BCUT2D eigenvalue weighted by Gasteiger charge is -2.15. The molecule has 1 aliphatic carbocycles. The van der Waals surface area contributed by atoms with Gasteiger partial charge in [0.1, 0.15) is 29.6 Å². The van der Waals surface area contributed by atoms with Crippen LogP contribution in [0.3, 0.4) is 0 Å². The van der Waals surface area contributed by atoms with Crippen LogP contribution in [0, 0.1) is 28.4 Å². The van der Waals surface area contributed by atoms with E-state index in [1.165, 1.54) is 24.3 Å². The van der Waals surface area contributed by atoms with Crippen LogP contribution in [0.1, 0.15) is 45.8 Å². The Morgan fingerprint density at radius 3 is 2.56 bits per heavy atom. The summed E-state index contributed by atoms with van der Waals surface area (Å²) in [4.78, 5) is 24.8. The number of nitrogens with zero attached hydrogens (tertiary/aromatic N) is 5. The number of ether oxygens (including phenoxy) is 1. The van der Waals surface area contributed by atoms with Gasteiger partial charge in [-0.3, -0.25) is 4.39 Å². The van der Waals surface area contributed by atoms with Gasteiger partial charge >= 0.3 is 5.97 Å². The number of nitriles is 1. The predicted octanol–water partition coefficient (Wildman–Crippen LogP) is 6.26. The second-order valence-corrected chi connectivity index (χ2v) is 10.7. The summed E-state index contributed by atoms with van der Waals surface area (Å²) < 4.78 is 50.8. The largest absolute Gasteiger partial charge is 0.477 e. The maximum absolute atomic E-state index is 15.4. The van der Waals surface area contributed by atoms with Gasteiger partial charge in [-0.05, 0) is 60.9 Å².